The smallest absolute Gasteiger partial charge is 0.332 e. The van der Waals surface area contributed by atoms with Gasteiger partial charge in [-0.25, -0.2) is 20.4 Å². The summed E-state index contributed by atoms with van der Waals surface area (Å²) in [6.45, 7) is -7.95. The van der Waals surface area contributed by atoms with E-state index < -0.39 is 37.7 Å². The third-order valence-electron chi connectivity index (χ3n) is 1.52. The summed E-state index contributed by atoms with van der Waals surface area (Å²) < 4.78 is 21.5. The molecule has 0 saturated heterocycles. The van der Waals surface area contributed by atoms with Gasteiger partial charge in [0.05, 0.1) is 0 Å². The molecule has 0 saturated carbocycles. The van der Waals surface area contributed by atoms with E-state index in [-0.39, 0.29) is 0 Å². The van der Waals surface area contributed by atoms with Crippen LogP contribution in [-0.4, -0.2) is 34.1 Å². The van der Waals surface area contributed by atoms with Crippen molar-refractivity contribution in [1.82, 2.24) is 26.9 Å². The molecule has 0 aliphatic carbocycles. The number of carbonyl (C=O) groups excluding carboxylic acids is 2. The van der Waals surface area contributed by atoms with Gasteiger partial charge >= 0.3 is 25.4 Å². The minimum absolute atomic E-state index is 1.25. The first-order chi connectivity index (χ1) is 10.3. The second-order valence-electron chi connectivity index (χ2n) is 3.48. The maximum Gasteiger partial charge on any atom is 0.361 e. The number of rotatable bonds is 10. The van der Waals surface area contributed by atoms with E-state index in [0.717, 1.165) is 0 Å². The summed E-state index contributed by atoms with van der Waals surface area (Å²) >= 11 is 6.47. The Hall–Kier alpha value is -0.260. The highest BCUT2D eigenvalue weighted by Crippen LogP contribution is 2.39. The zero-order chi connectivity index (χ0) is 18.3. The van der Waals surface area contributed by atoms with E-state index >= 15 is 0 Å². The molecule has 11 N–H and O–H groups in total. The summed E-state index contributed by atoms with van der Waals surface area (Å²) in [5.74, 6) is -2.50. The lowest BCUT2D eigenvalue weighted by atomic mass is 10.5. The number of nitrogens with one attached hydrogen (secondary N) is 5. The molecule has 19 heteroatoms. The van der Waals surface area contributed by atoms with Crippen LogP contribution < -0.4 is 38.4 Å². The van der Waals surface area contributed by atoms with Crippen LogP contribution in [0.25, 0.3) is 0 Å². The molecular formula is C4H15N7O8P2S2. The first kappa shape index (κ1) is 22.7. The maximum atomic E-state index is 11.2. The highest BCUT2D eigenvalue weighted by molar-refractivity contribution is 8.45. The van der Waals surface area contributed by atoms with Crippen molar-refractivity contribution in [1.29, 1.82) is 0 Å². The van der Waals surface area contributed by atoms with Gasteiger partial charge in [-0.2, -0.15) is 10.4 Å². The number of hydrazine groups is 2. The molecule has 0 rings (SSSR count). The fourth-order valence-corrected chi connectivity index (χ4v) is 1.62. The molecule has 0 heterocycles. The summed E-state index contributed by atoms with van der Waals surface area (Å²) in [6, 6.07) is 0. The number of nitrogens with two attached hydrogens (primary N) is 2. The number of thiol groups is 2. The van der Waals surface area contributed by atoms with Crippen molar-refractivity contribution >= 4 is 49.9 Å². The van der Waals surface area contributed by atoms with E-state index in [2.05, 4.69) is 34.2 Å². The Balaban J connectivity index is 4.04. The molecule has 4 unspecified atom stereocenters. The second-order valence-corrected chi connectivity index (χ2v) is 9.36. The average Bonchev–Trinajstić information content (AvgIpc) is 2.40. The lowest BCUT2D eigenvalue weighted by Gasteiger charge is -2.16. The van der Waals surface area contributed by atoms with Gasteiger partial charge in [-0.05, 0) is 0 Å². The summed E-state index contributed by atoms with van der Waals surface area (Å²) in [7, 11) is 0. The van der Waals surface area contributed by atoms with E-state index in [4.69, 9.17) is 21.3 Å². The molecule has 0 bridgehead atoms. The van der Waals surface area contributed by atoms with Crippen LogP contribution in [0.3, 0.4) is 0 Å². The molecule has 0 fully saturated rings. The molecule has 4 atom stereocenters. The van der Waals surface area contributed by atoms with Gasteiger partial charge in [0.1, 0.15) is 0 Å². The van der Waals surface area contributed by atoms with Gasteiger partial charge in [-0.3, -0.25) is 9.13 Å². The first-order valence-electron chi connectivity index (χ1n) is 5.16. The minimum Gasteiger partial charge on any atom is -0.332 e. The van der Waals surface area contributed by atoms with Gasteiger partial charge in [-0.1, -0.05) is 24.5 Å². The minimum atomic E-state index is -3.98. The monoisotopic (exact) mass is 415 g/mol. The third kappa shape index (κ3) is 12.8. The van der Waals surface area contributed by atoms with E-state index in [1.807, 2.05) is 10.9 Å². The Kier molecular flexibility index (Phi) is 9.78. The molecule has 15 nitrogen and oxygen atoms in total. The van der Waals surface area contributed by atoms with E-state index in [0.29, 0.717) is 0 Å². The maximum absolute atomic E-state index is 11.2. The van der Waals surface area contributed by atoms with Gasteiger partial charge in [0.2, 0.25) is 0 Å². The SMILES string of the molecule is NC(NNP(=O)(O)S)C(=O)ONOC(=O)C(N)NNP(=O)(O)S. The van der Waals surface area contributed by atoms with Crippen molar-refractivity contribution in [3.8, 4) is 0 Å². The molecule has 0 radical (unpaired) electrons. The average molecular weight is 415 g/mol. The van der Waals surface area contributed by atoms with E-state index in [1.165, 1.54) is 5.64 Å². The first-order valence-corrected chi connectivity index (χ1v) is 10.8. The molecule has 0 aromatic rings. The van der Waals surface area contributed by atoms with Crippen LogP contribution in [0, 0.1) is 0 Å². The standard InChI is InChI=1S/C4H15N7O8P2S2/c5-1(7-9-20(14,15)22)3(12)18-11-19-4(13)2(6)8-10-21(16,17)23/h1-2,7-8,11H,5-6H2,(H3,9,14,15,22)(H3,10,16,17,23). The Morgan fingerprint density at radius 3 is 1.48 bits per heavy atom. The number of hydrogen-bond donors (Lipinski definition) is 11. The second kappa shape index (κ2) is 9.90. The van der Waals surface area contributed by atoms with Crippen molar-refractivity contribution < 1.29 is 38.2 Å². The predicted molar refractivity (Wildman–Crippen MR) is 81.4 cm³/mol. The van der Waals surface area contributed by atoms with E-state index in [9.17, 15) is 18.7 Å². The van der Waals surface area contributed by atoms with Crippen molar-refractivity contribution in [2.45, 2.75) is 12.3 Å². The van der Waals surface area contributed by atoms with Crippen molar-refractivity contribution in [2.75, 3.05) is 0 Å². The molecule has 23 heavy (non-hydrogen) atoms. The lowest BCUT2D eigenvalue weighted by Crippen LogP contribution is -2.53. The quantitative estimate of drug-likeness (QED) is 0.0712. The lowest BCUT2D eigenvalue weighted by molar-refractivity contribution is -0.201. The normalized spacial score (nSPS) is 19.0. The van der Waals surface area contributed by atoms with Crippen LogP contribution in [0.4, 0.5) is 0 Å². The van der Waals surface area contributed by atoms with Gasteiger partial charge in [0.15, 0.2) is 12.3 Å². The van der Waals surface area contributed by atoms with Gasteiger partial charge in [0, 0.05) is 5.64 Å². The van der Waals surface area contributed by atoms with Crippen molar-refractivity contribution in [3.63, 3.8) is 0 Å². The molecule has 0 aliphatic rings. The molecule has 0 amide bonds. The van der Waals surface area contributed by atoms with Gasteiger partial charge in [-0.15, -0.1) is 0 Å². The topological polar surface area (TPSA) is 239 Å². The Morgan fingerprint density at radius 1 is 0.913 bits per heavy atom. The predicted octanol–water partition coefficient (Wildman–Crippen LogP) is -3.69. The van der Waals surface area contributed by atoms with Crippen LogP contribution >= 0.6 is 37.9 Å². The van der Waals surface area contributed by atoms with Crippen LogP contribution in [0.5, 0.6) is 0 Å². The van der Waals surface area contributed by atoms with Crippen molar-refractivity contribution in [2.24, 2.45) is 11.5 Å². The zero-order valence-electron chi connectivity index (χ0n) is 10.9. The molecular weight excluding hydrogens is 400 g/mol. The summed E-state index contributed by atoms with van der Waals surface area (Å²) in [5.41, 5.74) is 15.6. The number of carbonyl (C=O) groups is 2. The highest BCUT2D eigenvalue weighted by atomic mass is 32.7. The Bertz CT molecular complexity index is 467. The Morgan fingerprint density at radius 2 is 1.22 bits per heavy atom. The summed E-state index contributed by atoms with van der Waals surface area (Å²) in [5, 5.41) is 3.44. The number of hydrogen-bond acceptors (Lipinski definition) is 11. The van der Waals surface area contributed by atoms with Crippen LogP contribution in [0.1, 0.15) is 0 Å². The zero-order valence-corrected chi connectivity index (χ0v) is 14.5. The van der Waals surface area contributed by atoms with Gasteiger partial charge in [0.25, 0.3) is 0 Å². The van der Waals surface area contributed by atoms with Crippen LogP contribution in [-0.2, 0) is 28.4 Å². The molecule has 0 spiro atoms. The van der Waals surface area contributed by atoms with E-state index in [1.54, 1.807) is 10.4 Å². The van der Waals surface area contributed by atoms with Crippen molar-refractivity contribution in [3.05, 3.63) is 0 Å². The third-order valence-corrected chi connectivity index (χ3v) is 2.96. The molecule has 0 aliphatic heterocycles. The Labute approximate surface area is 139 Å². The van der Waals surface area contributed by atoms with Gasteiger partial charge < -0.3 is 30.9 Å². The highest BCUT2D eigenvalue weighted by Gasteiger charge is 2.21. The summed E-state index contributed by atoms with van der Waals surface area (Å²) in [6.07, 6.45) is -3.24. The fourth-order valence-electron chi connectivity index (χ4n) is 0.655. The fraction of sp³-hybridized carbons (Fsp3) is 0.500. The summed E-state index contributed by atoms with van der Waals surface area (Å²) in [4.78, 5) is 48.3. The molecule has 0 aromatic carbocycles. The molecule has 136 valence electrons. The van der Waals surface area contributed by atoms with Crippen LogP contribution in [0.2, 0.25) is 0 Å². The largest absolute Gasteiger partial charge is 0.361 e. The molecule has 0 aromatic heterocycles. The van der Waals surface area contributed by atoms with Crippen LogP contribution in [0.15, 0.2) is 0 Å².